The summed E-state index contributed by atoms with van der Waals surface area (Å²) >= 11 is 1.61. The Hall–Kier alpha value is -2.57. The minimum atomic E-state index is 0.619. The monoisotopic (exact) mass is 394 g/mol. The van der Waals surface area contributed by atoms with Gasteiger partial charge in [0.05, 0.1) is 5.56 Å². The second kappa shape index (κ2) is 7.11. The van der Waals surface area contributed by atoms with Gasteiger partial charge in [-0.15, -0.1) is 21.5 Å². The summed E-state index contributed by atoms with van der Waals surface area (Å²) in [6, 6.07) is 4.28. The van der Waals surface area contributed by atoms with Gasteiger partial charge in [0, 0.05) is 44.7 Å². The Morgan fingerprint density at radius 2 is 1.71 bits per heavy atom. The number of aromatic nitrogens is 4. The quantitative estimate of drug-likeness (QED) is 0.654. The lowest BCUT2D eigenvalue weighted by Crippen LogP contribution is -2.44. The van der Waals surface area contributed by atoms with E-state index in [2.05, 4.69) is 43.2 Å². The molecule has 8 nitrogen and oxygen atoms in total. The molecule has 2 aliphatic heterocycles. The molecule has 5 rings (SSSR count). The Kier molecular flexibility index (Phi) is 4.45. The molecule has 2 saturated heterocycles. The van der Waals surface area contributed by atoms with Gasteiger partial charge in [-0.1, -0.05) is 0 Å². The maximum absolute atomic E-state index is 9.73. The minimum Gasteiger partial charge on any atom is -0.355 e. The van der Waals surface area contributed by atoms with Crippen molar-refractivity contribution in [3.05, 3.63) is 11.6 Å². The molecule has 0 radical (unpaired) electrons. The number of hydrogen-bond donors (Lipinski definition) is 0. The second-order valence-corrected chi connectivity index (χ2v) is 8.55. The van der Waals surface area contributed by atoms with Gasteiger partial charge >= 0.3 is 0 Å². The average Bonchev–Trinajstić information content (AvgIpc) is 3.12. The molecule has 0 aliphatic carbocycles. The smallest absolute Gasteiger partial charge is 0.172 e. The molecular formula is C19H22N8S. The summed E-state index contributed by atoms with van der Waals surface area (Å²) < 4.78 is 1.02. The second-order valence-electron chi connectivity index (χ2n) is 7.55. The van der Waals surface area contributed by atoms with E-state index in [1.165, 1.54) is 6.42 Å². The van der Waals surface area contributed by atoms with Gasteiger partial charge in [-0.3, -0.25) is 0 Å². The Bertz CT molecular complexity index is 1060. The molecule has 28 heavy (non-hydrogen) atoms. The van der Waals surface area contributed by atoms with Crippen LogP contribution in [-0.2, 0) is 0 Å². The third-order valence-electron chi connectivity index (χ3n) is 5.70. The summed E-state index contributed by atoms with van der Waals surface area (Å²) in [5.74, 6) is 1.70. The maximum atomic E-state index is 9.73. The lowest BCUT2D eigenvalue weighted by molar-refractivity contribution is 0.312. The van der Waals surface area contributed by atoms with Gasteiger partial charge in [0.2, 0.25) is 0 Å². The molecule has 0 aromatic carbocycles. The van der Waals surface area contributed by atoms with Crippen LogP contribution in [-0.4, -0.2) is 71.6 Å². The van der Waals surface area contributed by atoms with Gasteiger partial charge in [0.15, 0.2) is 5.82 Å². The van der Waals surface area contributed by atoms with E-state index in [0.717, 1.165) is 84.2 Å². The Balaban J connectivity index is 1.63. The van der Waals surface area contributed by atoms with E-state index in [1.807, 2.05) is 6.07 Å². The number of fused-ring (bicyclic) bond motifs is 3. The number of nitriles is 1. The van der Waals surface area contributed by atoms with E-state index in [9.17, 15) is 5.26 Å². The first-order chi connectivity index (χ1) is 13.7. The Labute approximate surface area is 167 Å². The fourth-order valence-corrected chi connectivity index (χ4v) is 5.16. The van der Waals surface area contributed by atoms with Gasteiger partial charge in [-0.05, 0) is 37.6 Å². The Morgan fingerprint density at radius 3 is 2.46 bits per heavy atom. The first-order valence-electron chi connectivity index (χ1n) is 9.80. The number of nitrogens with zero attached hydrogens (tertiary/aromatic N) is 8. The number of anilines is 2. The molecule has 9 heteroatoms. The fourth-order valence-electron chi connectivity index (χ4n) is 4.06. The predicted molar refractivity (Wildman–Crippen MR) is 111 cm³/mol. The van der Waals surface area contributed by atoms with Crippen molar-refractivity contribution in [2.24, 2.45) is 0 Å². The van der Waals surface area contributed by atoms with E-state index in [4.69, 9.17) is 4.98 Å². The summed E-state index contributed by atoms with van der Waals surface area (Å²) in [7, 11) is 2.14. The van der Waals surface area contributed by atoms with Gasteiger partial charge in [0.25, 0.3) is 0 Å². The van der Waals surface area contributed by atoms with Gasteiger partial charge in [-0.25, -0.2) is 4.98 Å². The third-order valence-corrected chi connectivity index (χ3v) is 6.79. The number of piperidine rings is 1. The first-order valence-corrected chi connectivity index (χ1v) is 10.6. The van der Waals surface area contributed by atoms with Crippen molar-refractivity contribution >= 4 is 43.4 Å². The minimum absolute atomic E-state index is 0.619. The highest BCUT2D eigenvalue weighted by atomic mass is 32.1. The zero-order valence-electron chi connectivity index (χ0n) is 15.9. The lowest BCUT2D eigenvalue weighted by Gasteiger charge is -2.32. The van der Waals surface area contributed by atoms with E-state index in [-0.39, 0.29) is 0 Å². The van der Waals surface area contributed by atoms with E-state index in [0.29, 0.717) is 5.56 Å². The molecule has 0 N–H and O–H groups in total. The number of hydrogen-bond acceptors (Lipinski definition) is 9. The van der Waals surface area contributed by atoms with Crippen LogP contribution in [0.4, 0.5) is 11.6 Å². The molecule has 3 aromatic heterocycles. The molecule has 3 aromatic rings. The average molecular weight is 395 g/mol. The highest BCUT2D eigenvalue weighted by Gasteiger charge is 2.23. The standard InChI is InChI=1S/C19H22N8S/c1-25-7-9-27(10-8-25)18-16-15(22-24-23-18)14-11-13(12-20)17(21-19(14)28-16)26-5-3-2-4-6-26/h11H,2-10H2,1H3. The third kappa shape index (κ3) is 2.93. The number of pyridine rings is 1. The van der Waals surface area contributed by atoms with Crippen LogP contribution >= 0.6 is 11.3 Å². The molecule has 0 spiro atoms. The normalized spacial score (nSPS) is 18.7. The lowest BCUT2D eigenvalue weighted by atomic mass is 10.1. The number of piperazine rings is 1. The summed E-state index contributed by atoms with van der Waals surface area (Å²) in [6.45, 7) is 5.79. The molecule has 0 atom stereocenters. The largest absolute Gasteiger partial charge is 0.355 e. The highest BCUT2D eigenvalue weighted by Crippen LogP contribution is 2.38. The van der Waals surface area contributed by atoms with Crippen LogP contribution in [0.15, 0.2) is 6.07 Å². The van der Waals surface area contributed by atoms with E-state index in [1.54, 1.807) is 11.3 Å². The molecular weight excluding hydrogens is 372 g/mol. The summed E-state index contributed by atoms with van der Waals surface area (Å²) in [5, 5.41) is 23.3. The molecule has 2 fully saturated rings. The fraction of sp³-hybridized carbons (Fsp3) is 0.526. The van der Waals surface area contributed by atoms with Crippen molar-refractivity contribution < 1.29 is 0 Å². The molecule has 5 heterocycles. The van der Waals surface area contributed by atoms with Crippen molar-refractivity contribution in [3.63, 3.8) is 0 Å². The SMILES string of the molecule is CN1CCN(c2nnnc3c2sc2nc(N4CCCCC4)c(C#N)cc23)CC1. The maximum Gasteiger partial charge on any atom is 0.172 e. The molecule has 144 valence electrons. The molecule has 0 unspecified atom stereocenters. The molecule has 2 aliphatic rings. The van der Waals surface area contributed by atoms with Crippen LogP contribution in [0.3, 0.4) is 0 Å². The van der Waals surface area contributed by atoms with Crippen molar-refractivity contribution in [2.75, 3.05) is 56.1 Å². The number of thiophene rings is 1. The van der Waals surface area contributed by atoms with Crippen molar-refractivity contribution in [3.8, 4) is 6.07 Å². The van der Waals surface area contributed by atoms with Crippen molar-refractivity contribution in [1.29, 1.82) is 5.26 Å². The zero-order chi connectivity index (χ0) is 19.1. The van der Waals surface area contributed by atoms with Crippen LogP contribution in [0, 0.1) is 11.3 Å². The predicted octanol–water partition coefficient (Wildman–Crippen LogP) is 2.25. The van der Waals surface area contributed by atoms with Gasteiger partial charge in [0.1, 0.15) is 26.9 Å². The summed E-state index contributed by atoms with van der Waals surface area (Å²) in [4.78, 5) is 12.7. The number of rotatable bonds is 2. The summed E-state index contributed by atoms with van der Waals surface area (Å²) in [5.41, 5.74) is 1.42. The Morgan fingerprint density at radius 1 is 0.964 bits per heavy atom. The molecule has 0 saturated carbocycles. The zero-order valence-corrected chi connectivity index (χ0v) is 16.7. The van der Waals surface area contributed by atoms with Gasteiger partial charge in [-0.2, -0.15) is 5.26 Å². The van der Waals surface area contributed by atoms with Crippen molar-refractivity contribution in [1.82, 2.24) is 25.3 Å². The van der Waals surface area contributed by atoms with Gasteiger partial charge < -0.3 is 14.7 Å². The van der Waals surface area contributed by atoms with Crippen LogP contribution in [0.1, 0.15) is 24.8 Å². The van der Waals surface area contributed by atoms with Crippen LogP contribution in [0.2, 0.25) is 0 Å². The van der Waals surface area contributed by atoms with E-state index < -0.39 is 0 Å². The highest BCUT2D eigenvalue weighted by molar-refractivity contribution is 7.26. The van der Waals surface area contributed by atoms with Crippen LogP contribution < -0.4 is 9.80 Å². The van der Waals surface area contributed by atoms with Crippen molar-refractivity contribution in [2.45, 2.75) is 19.3 Å². The van der Waals surface area contributed by atoms with Crippen LogP contribution in [0.25, 0.3) is 20.4 Å². The molecule has 0 amide bonds. The first kappa shape index (κ1) is 17.5. The molecule has 0 bridgehead atoms. The number of likely N-dealkylation sites (N-methyl/N-ethyl adjacent to an activating group) is 1. The van der Waals surface area contributed by atoms with E-state index >= 15 is 0 Å². The topological polar surface area (TPSA) is 85.1 Å². The summed E-state index contributed by atoms with van der Waals surface area (Å²) in [6.07, 6.45) is 3.55. The van der Waals surface area contributed by atoms with Crippen LogP contribution in [0.5, 0.6) is 0 Å².